The monoisotopic (exact) mass is 571 g/mol. The van der Waals surface area contributed by atoms with E-state index in [1.165, 1.54) is 24.3 Å². The van der Waals surface area contributed by atoms with Gasteiger partial charge in [-0.1, -0.05) is 12.1 Å². The number of guanidine groups is 1. The fourth-order valence-electron chi connectivity index (χ4n) is 3.49. The number of carbonyl (C=O) groups excluding carboxylic acids is 1. The maximum atomic E-state index is 13.0. The smallest absolute Gasteiger partial charge is 0.243 e. The Morgan fingerprint density at radius 1 is 1.12 bits per heavy atom. The van der Waals surface area contributed by atoms with E-state index in [0.29, 0.717) is 31.4 Å². The number of morpholine rings is 1. The van der Waals surface area contributed by atoms with Gasteiger partial charge in [-0.25, -0.2) is 4.39 Å². The second kappa shape index (κ2) is 14.0. The van der Waals surface area contributed by atoms with Crippen LogP contribution in [0.4, 0.5) is 10.1 Å². The van der Waals surface area contributed by atoms with E-state index in [0.717, 1.165) is 24.4 Å². The van der Waals surface area contributed by atoms with Gasteiger partial charge in [-0.3, -0.25) is 14.7 Å². The van der Waals surface area contributed by atoms with Crippen LogP contribution in [0.1, 0.15) is 11.6 Å². The molecule has 1 atom stereocenters. The number of methoxy groups -OCH3 is 1. The molecule has 0 aliphatic carbocycles. The van der Waals surface area contributed by atoms with Gasteiger partial charge in [0.05, 0.1) is 32.9 Å². The van der Waals surface area contributed by atoms with Crippen molar-refractivity contribution in [3.8, 4) is 5.75 Å². The SMILES string of the molecule is CN=C(NCC(=O)Nc1ccc(F)cc1)NCC(c1ccc(OC)cc1)N1CCOCC1.I. The van der Waals surface area contributed by atoms with Gasteiger partial charge >= 0.3 is 0 Å². The molecule has 33 heavy (non-hydrogen) atoms. The molecule has 1 aliphatic rings. The first-order chi connectivity index (χ1) is 15.6. The summed E-state index contributed by atoms with van der Waals surface area (Å²) in [5, 5.41) is 9.05. The quantitative estimate of drug-likeness (QED) is 0.257. The van der Waals surface area contributed by atoms with Crippen molar-refractivity contribution in [1.82, 2.24) is 15.5 Å². The fourth-order valence-corrected chi connectivity index (χ4v) is 3.49. The minimum Gasteiger partial charge on any atom is -0.497 e. The maximum absolute atomic E-state index is 13.0. The topological polar surface area (TPSA) is 87.2 Å². The predicted molar refractivity (Wildman–Crippen MR) is 138 cm³/mol. The van der Waals surface area contributed by atoms with E-state index < -0.39 is 0 Å². The van der Waals surface area contributed by atoms with Crippen molar-refractivity contribution in [2.45, 2.75) is 6.04 Å². The van der Waals surface area contributed by atoms with E-state index in [1.54, 1.807) is 14.2 Å². The highest BCUT2D eigenvalue weighted by Crippen LogP contribution is 2.23. The Morgan fingerprint density at radius 2 is 1.79 bits per heavy atom. The van der Waals surface area contributed by atoms with Gasteiger partial charge in [0.2, 0.25) is 5.91 Å². The molecule has 1 saturated heterocycles. The predicted octanol–water partition coefficient (Wildman–Crippen LogP) is 2.63. The van der Waals surface area contributed by atoms with Crippen LogP contribution in [0.25, 0.3) is 0 Å². The summed E-state index contributed by atoms with van der Waals surface area (Å²) >= 11 is 0. The van der Waals surface area contributed by atoms with Gasteiger partial charge in [0.15, 0.2) is 5.96 Å². The lowest BCUT2D eigenvalue weighted by Crippen LogP contribution is -2.47. The summed E-state index contributed by atoms with van der Waals surface area (Å²) in [4.78, 5) is 18.8. The van der Waals surface area contributed by atoms with Crippen LogP contribution in [0.5, 0.6) is 5.75 Å². The lowest BCUT2D eigenvalue weighted by molar-refractivity contribution is -0.115. The molecule has 3 N–H and O–H groups in total. The van der Waals surface area contributed by atoms with Gasteiger partial charge in [0.25, 0.3) is 0 Å². The van der Waals surface area contributed by atoms with Gasteiger partial charge in [0, 0.05) is 32.4 Å². The minimum atomic E-state index is -0.350. The van der Waals surface area contributed by atoms with Crippen LogP contribution in [-0.4, -0.2) is 70.3 Å². The summed E-state index contributed by atoms with van der Waals surface area (Å²) in [6.45, 7) is 3.70. The number of aliphatic imine (C=N–C) groups is 1. The summed E-state index contributed by atoms with van der Waals surface area (Å²) in [5.41, 5.74) is 1.69. The van der Waals surface area contributed by atoms with E-state index in [4.69, 9.17) is 9.47 Å². The average Bonchev–Trinajstić information content (AvgIpc) is 2.83. The normalized spacial score (nSPS) is 15.2. The zero-order valence-electron chi connectivity index (χ0n) is 18.8. The van der Waals surface area contributed by atoms with E-state index >= 15 is 0 Å². The first kappa shape index (κ1) is 26.8. The number of nitrogens with one attached hydrogen (secondary N) is 3. The standard InChI is InChI=1S/C23H30FN5O3.HI/c1-25-23(27-16-22(30)28-19-7-5-18(24)6-8-19)26-15-21(29-11-13-32-14-12-29)17-3-9-20(31-2)10-4-17;/h3-10,21H,11-16H2,1-2H3,(H,28,30)(H2,25,26,27);1H. The van der Waals surface area contributed by atoms with Crippen molar-refractivity contribution in [1.29, 1.82) is 0 Å². The molecule has 180 valence electrons. The third-order valence-electron chi connectivity index (χ3n) is 5.22. The van der Waals surface area contributed by atoms with Crippen molar-refractivity contribution in [2.75, 3.05) is 58.9 Å². The Bertz CT molecular complexity index is 890. The number of halogens is 2. The number of anilines is 1. The van der Waals surface area contributed by atoms with Gasteiger partial charge in [-0.05, 0) is 42.0 Å². The molecule has 8 nitrogen and oxygen atoms in total. The Balaban J connectivity index is 0.00000385. The molecule has 1 heterocycles. The molecule has 1 unspecified atom stereocenters. The molecular weight excluding hydrogens is 540 g/mol. The van der Waals surface area contributed by atoms with Crippen molar-refractivity contribution < 1.29 is 18.7 Å². The summed E-state index contributed by atoms with van der Waals surface area (Å²) in [5.74, 6) is 0.731. The molecule has 10 heteroatoms. The molecule has 1 fully saturated rings. The van der Waals surface area contributed by atoms with E-state index in [2.05, 4.69) is 38.0 Å². The minimum absolute atomic E-state index is 0. The Kier molecular flexibility index (Phi) is 11.3. The second-order valence-electron chi connectivity index (χ2n) is 7.30. The molecule has 0 aromatic heterocycles. The Labute approximate surface area is 210 Å². The zero-order valence-corrected chi connectivity index (χ0v) is 21.2. The van der Waals surface area contributed by atoms with Crippen molar-refractivity contribution >= 4 is 41.5 Å². The third kappa shape index (κ3) is 8.45. The Morgan fingerprint density at radius 3 is 2.39 bits per heavy atom. The molecule has 2 aromatic carbocycles. The lowest BCUT2D eigenvalue weighted by atomic mass is 10.0. The number of benzene rings is 2. The number of hydrogen-bond donors (Lipinski definition) is 3. The highest BCUT2D eigenvalue weighted by molar-refractivity contribution is 14.0. The number of rotatable bonds is 8. The summed E-state index contributed by atoms with van der Waals surface area (Å²) < 4.78 is 23.8. The van der Waals surface area contributed by atoms with Crippen LogP contribution >= 0.6 is 24.0 Å². The lowest BCUT2D eigenvalue weighted by Gasteiger charge is -2.35. The molecule has 0 saturated carbocycles. The Hall–Kier alpha value is -2.44. The van der Waals surface area contributed by atoms with Gasteiger partial charge < -0.3 is 25.4 Å². The molecule has 0 spiro atoms. The van der Waals surface area contributed by atoms with E-state index in [1.807, 2.05) is 12.1 Å². The van der Waals surface area contributed by atoms with E-state index in [-0.39, 0.29) is 48.3 Å². The average molecular weight is 571 g/mol. The number of nitrogens with zero attached hydrogens (tertiary/aromatic N) is 2. The van der Waals surface area contributed by atoms with Crippen molar-refractivity contribution in [3.05, 3.63) is 59.9 Å². The molecule has 2 aromatic rings. The van der Waals surface area contributed by atoms with Crippen LogP contribution < -0.4 is 20.7 Å². The summed E-state index contributed by atoms with van der Waals surface area (Å²) in [6, 6.07) is 13.8. The molecule has 3 rings (SSSR count). The van der Waals surface area contributed by atoms with Crippen molar-refractivity contribution in [3.63, 3.8) is 0 Å². The first-order valence-electron chi connectivity index (χ1n) is 10.5. The van der Waals surface area contributed by atoms with Gasteiger partial charge in [0.1, 0.15) is 11.6 Å². The molecule has 0 bridgehead atoms. The van der Waals surface area contributed by atoms with Crippen LogP contribution in [0.3, 0.4) is 0 Å². The number of ether oxygens (including phenoxy) is 2. The van der Waals surface area contributed by atoms with E-state index in [9.17, 15) is 9.18 Å². The maximum Gasteiger partial charge on any atom is 0.243 e. The summed E-state index contributed by atoms with van der Waals surface area (Å²) in [6.07, 6.45) is 0. The van der Waals surface area contributed by atoms with Gasteiger partial charge in [-0.2, -0.15) is 0 Å². The number of hydrogen-bond acceptors (Lipinski definition) is 5. The van der Waals surface area contributed by atoms with Crippen LogP contribution in [-0.2, 0) is 9.53 Å². The van der Waals surface area contributed by atoms with Crippen molar-refractivity contribution in [2.24, 2.45) is 4.99 Å². The molecular formula is C23H31FIN5O3. The fraction of sp³-hybridized carbons (Fsp3) is 0.391. The van der Waals surface area contributed by atoms with Gasteiger partial charge in [-0.15, -0.1) is 24.0 Å². The molecule has 0 radical (unpaired) electrons. The molecule has 1 aliphatic heterocycles. The first-order valence-corrected chi connectivity index (χ1v) is 10.5. The largest absolute Gasteiger partial charge is 0.497 e. The van der Waals surface area contributed by atoms with Crippen LogP contribution in [0.15, 0.2) is 53.5 Å². The summed E-state index contributed by atoms with van der Waals surface area (Å²) in [7, 11) is 3.31. The zero-order chi connectivity index (χ0) is 22.8. The highest BCUT2D eigenvalue weighted by atomic mass is 127. The number of amides is 1. The van der Waals surface area contributed by atoms with Crippen LogP contribution in [0.2, 0.25) is 0 Å². The van der Waals surface area contributed by atoms with Crippen LogP contribution in [0, 0.1) is 5.82 Å². The third-order valence-corrected chi connectivity index (χ3v) is 5.22. The molecule has 1 amide bonds. The second-order valence-corrected chi connectivity index (χ2v) is 7.30. The highest BCUT2D eigenvalue weighted by Gasteiger charge is 2.23. The number of carbonyl (C=O) groups is 1.